The lowest BCUT2D eigenvalue weighted by Crippen LogP contribution is -2.43. The average Bonchev–Trinajstić information content (AvgIpc) is 2.70. The molecule has 5 nitrogen and oxygen atoms in total. The first kappa shape index (κ1) is 21.1. The van der Waals surface area contributed by atoms with E-state index in [4.69, 9.17) is 9.73 Å². The zero-order valence-electron chi connectivity index (χ0n) is 16.7. The minimum absolute atomic E-state index is 0.147. The van der Waals surface area contributed by atoms with Crippen LogP contribution in [0.5, 0.6) is 5.88 Å². The number of ether oxygens (including phenoxy) is 1. The number of benzene rings is 1. The largest absolute Gasteiger partial charge is 0.473 e. The van der Waals surface area contributed by atoms with Crippen LogP contribution in [0.2, 0.25) is 0 Å². The van der Waals surface area contributed by atoms with Gasteiger partial charge in [0.05, 0.1) is 6.54 Å². The number of nitrogens with zero attached hydrogens (tertiary/aromatic N) is 2. The van der Waals surface area contributed by atoms with Gasteiger partial charge in [-0.25, -0.2) is 9.98 Å². The van der Waals surface area contributed by atoms with Crippen molar-refractivity contribution in [3.8, 4) is 5.88 Å². The highest BCUT2D eigenvalue weighted by atomic mass is 32.2. The topological polar surface area (TPSA) is 58.5 Å². The molecule has 2 aromatic rings. The number of nitrogens with one attached hydrogen (secondary N) is 2. The molecular weight excluding hydrogens is 356 g/mol. The van der Waals surface area contributed by atoms with E-state index >= 15 is 0 Å². The standard InChI is InChI=1S/C21H30N4OS/c1-5-22-20(25-16-21(2,3)27-4)24-14-18-12-9-13-23-19(18)26-15-17-10-7-6-8-11-17/h6-13H,5,14-16H2,1-4H3,(H2,22,24,25). The van der Waals surface area contributed by atoms with Crippen molar-refractivity contribution in [1.82, 2.24) is 15.6 Å². The van der Waals surface area contributed by atoms with Crippen LogP contribution in [0.25, 0.3) is 0 Å². The lowest BCUT2D eigenvalue weighted by molar-refractivity contribution is 0.290. The summed E-state index contributed by atoms with van der Waals surface area (Å²) in [6.45, 7) is 9.15. The molecule has 0 unspecified atom stereocenters. The van der Waals surface area contributed by atoms with Gasteiger partial charge in [0.25, 0.3) is 0 Å². The number of hydrogen-bond acceptors (Lipinski definition) is 4. The van der Waals surface area contributed by atoms with Gasteiger partial charge >= 0.3 is 0 Å². The van der Waals surface area contributed by atoms with Crippen LogP contribution in [0, 0.1) is 0 Å². The molecule has 27 heavy (non-hydrogen) atoms. The molecule has 0 aliphatic carbocycles. The van der Waals surface area contributed by atoms with Gasteiger partial charge in [-0.15, -0.1) is 0 Å². The molecule has 0 aliphatic heterocycles. The molecule has 6 heteroatoms. The molecule has 1 aromatic heterocycles. The third-order valence-corrected chi connectivity index (χ3v) is 5.30. The fourth-order valence-corrected chi connectivity index (χ4v) is 2.49. The Morgan fingerprint density at radius 1 is 1.15 bits per heavy atom. The van der Waals surface area contributed by atoms with E-state index in [0.29, 0.717) is 19.0 Å². The van der Waals surface area contributed by atoms with Crippen molar-refractivity contribution in [3.05, 3.63) is 59.8 Å². The van der Waals surface area contributed by atoms with Crippen LogP contribution in [0.4, 0.5) is 0 Å². The number of guanidine groups is 1. The summed E-state index contributed by atoms with van der Waals surface area (Å²) in [6.07, 6.45) is 3.87. The number of aliphatic imine (C=N–C) groups is 1. The highest BCUT2D eigenvalue weighted by Crippen LogP contribution is 2.20. The van der Waals surface area contributed by atoms with Crippen molar-refractivity contribution >= 4 is 17.7 Å². The molecule has 0 fully saturated rings. The van der Waals surface area contributed by atoms with E-state index in [2.05, 4.69) is 42.6 Å². The van der Waals surface area contributed by atoms with Crippen molar-refractivity contribution in [2.75, 3.05) is 19.3 Å². The Labute approximate surface area is 167 Å². The molecular formula is C21H30N4OS. The Balaban J connectivity index is 2.02. The Kier molecular flexibility index (Phi) is 8.45. The zero-order chi connectivity index (χ0) is 19.5. The summed E-state index contributed by atoms with van der Waals surface area (Å²) in [5, 5.41) is 6.71. The monoisotopic (exact) mass is 386 g/mol. The lowest BCUT2D eigenvalue weighted by Gasteiger charge is -2.23. The van der Waals surface area contributed by atoms with Gasteiger partial charge in [-0.3, -0.25) is 0 Å². The van der Waals surface area contributed by atoms with E-state index in [-0.39, 0.29) is 4.75 Å². The highest BCUT2D eigenvalue weighted by molar-refractivity contribution is 7.99. The third-order valence-electron chi connectivity index (χ3n) is 4.05. The van der Waals surface area contributed by atoms with Crippen molar-refractivity contribution in [1.29, 1.82) is 0 Å². The quantitative estimate of drug-likeness (QED) is 0.506. The summed E-state index contributed by atoms with van der Waals surface area (Å²) in [7, 11) is 0. The third kappa shape index (κ3) is 7.51. The van der Waals surface area contributed by atoms with Gasteiger partial charge in [0.2, 0.25) is 5.88 Å². The molecule has 2 N–H and O–H groups in total. The molecule has 0 spiro atoms. The van der Waals surface area contributed by atoms with Crippen molar-refractivity contribution < 1.29 is 4.74 Å². The molecule has 0 amide bonds. The van der Waals surface area contributed by atoms with Crippen LogP contribution in [0.3, 0.4) is 0 Å². The number of pyridine rings is 1. The molecule has 1 aromatic carbocycles. The number of hydrogen-bond donors (Lipinski definition) is 2. The summed E-state index contributed by atoms with van der Waals surface area (Å²) in [5.74, 6) is 1.43. The molecule has 146 valence electrons. The minimum atomic E-state index is 0.147. The molecule has 0 saturated carbocycles. The Bertz CT molecular complexity index is 719. The summed E-state index contributed by atoms with van der Waals surface area (Å²) in [4.78, 5) is 9.08. The average molecular weight is 387 g/mol. The Morgan fingerprint density at radius 2 is 1.93 bits per heavy atom. The summed E-state index contributed by atoms with van der Waals surface area (Å²) in [6, 6.07) is 14.0. The molecule has 0 aliphatic rings. The molecule has 0 radical (unpaired) electrons. The first-order valence-electron chi connectivity index (χ1n) is 9.22. The lowest BCUT2D eigenvalue weighted by atomic mass is 10.2. The predicted octanol–water partition coefficient (Wildman–Crippen LogP) is 3.86. The number of aromatic nitrogens is 1. The van der Waals surface area contributed by atoms with Gasteiger partial charge in [-0.1, -0.05) is 36.4 Å². The zero-order valence-corrected chi connectivity index (χ0v) is 17.5. The van der Waals surface area contributed by atoms with Gasteiger partial charge < -0.3 is 15.4 Å². The molecule has 2 rings (SSSR count). The maximum atomic E-state index is 5.92. The van der Waals surface area contributed by atoms with Crippen LogP contribution in [-0.4, -0.2) is 35.0 Å². The van der Waals surface area contributed by atoms with Crippen LogP contribution >= 0.6 is 11.8 Å². The van der Waals surface area contributed by atoms with Crippen LogP contribution in [-0.2, 0) is 13.2 Å². The number of rotatable bonds is 9. The SMILES string of the molecule is CCNC(=NCc1cccnc1OCc1ccccc1)NCC(C)(C)SC. The van der Waals surface area contributed by atoms with E-state index in [1.54, 1.807) is 6.20 Å². The molecule has 1 heterocycles. The van der Waals surface area contributed by atoms with Crippen LogP contribution in [0.1, 0.15) is 31.9 Å². The van der Waals surface area contributed by atoms with Gasteiger partial charge in [-0.2, -0.15) is 11.8 Å². The first-order chi connectivity index (χ1) is 13.0. The Morgan fingerprint density at radius 3 is 2.63 bits per heavy atom. The molecule has 0 bridgehead atoms. The van der Waals surface area contributed by atoms with Crippen LogP contribution < -0.4 is 15.4 Å². The summed E-state index contributed by atoms with van der Waals surface area (Å²) >= 11 is 1.83. The second-order valence-electron chi connectivity index (χ2n) is 6.75. The van der Waals surface area contributed by atoms with Crippen molar-refractivity contribution in [2.24, 2.45) is 4.99 Å². The fourth-order valence-electron chi connectivity index (χ4n) is 2.28. The van der Waals surface area contributed by atoms with Gasteiger partial charge in [0.15, 0.2) is 5.96 Å². The maximum absolute atomic E-state index is 5.92. The van der Waals surface area contributed by atoms with Crippen molar-refractivity contribution in [3.63, 3.8) is 0 Å². The van der Waals surface area contributed by atoms with E-state index in [1.165, 1.54) is 0 Å². The number of thioether (sulfide) groups is 1. The van der Waals surface area contributed by atoms with E-state index < -0.39 is 0 Å². The van der Waals surface area contributed by atoms with Gasteiger partial charge in [0, 0.05) is 29.6 Å². The summed E-state index contributed by atoms with van der Waals surface area (Å²) < 4.78 is 6.07. The van der Waals surface area contributed by atoms with Crippen LogP contribution in [0.15, 0.2) is 53.7 Å². The van der Waals surface area contributed by atoms with Gasteiger partial charge in [0.1, 0.15) is 6.61 Å². The van der Waals surface area contributed by atoms with E-state index in [0.717, 1.165) is 30.2 Å². The predicted molar refractivity (Wildman–Crippen MR) is 115 cm³/mol. The van der Waals surface area contributed by atoms with E-state index in [1.807, 2.05) is 54.2 Å². The first-order valence-corrected chi connectivity index (χ1v) is 10.4. The van der Waals surface area contributed by atoms with Crippen molar-refractivity contribution in [2.45, 2.75) is 38.7 Å². The maximum Gasteiger partial charge on any atom is 0.218 e. The second-order valence-corrected chi connectivity index (χ2v) is 8.27. The summed E-state index contributed by atoms with van der Waals surface area (Å²) in [5.41, 5.74) is 2.08. The smallest absolute Gasteiger partial charge is 0.218 e. The normalized spacial score (nSPS) is 11.9. The second kappa shape index (κ2) is 10.8. The highest BCUT2D eigenvalue weighted by Gasteiger charge is 2.16. The molecule has 0 saturated heterocycles. The van der Waals surface area contributed by atoms with E-state index in [9.17, 15) is 0 Å². The minimum Gasteiger partial charge on any atom is -0.473 e. The van der Waals surface area contributed by atoms with Gasteiger partial charge in [-0.05, 0) is 38.7 Å². The Hall–Kier alpha value is -2.21. The molecule has 0 atom stereocenters. The fraction of sp³-hybridized carbons (Fsp3) is 0.429.